The van der Waals surface area contributed by atoms with Crippen molar-refractivity contribution < 1.29 is 4.79 Å². The molecule has 0 saturated heterocycles. The number of amides is 1. The van der Waals surface area contributed by atoms with E-state index in [-0.39, 0.29) is 5.91 Å². The van der Waals surface area contributed by atoms with Crippen molar-refractivity contribution in [3.63, 3.8) is 0 Å². The van der Waals surface area contributed by atoms with Crippen LogP contribution in [0.2, 0.25) is 0 Å². The Morgan fingerprint density at radius 2 is 2.17 bits per heavy atom. The number of hydrazone groups is 1. The first-order valence-electron chi connectivity index (χ1n) is 6.12. The van der Waals surface area contributed by atoms with Gasteiger partial charge in [-0.3, -0.25) is 4.79 Å². The van der Waals surface area contributed by atoms with Crippen molar-refractivity contribution in [3.8, 4) is 0 Å². The Bertz CT molecular complexity index is 583. The lowest BCUT2D eigenvalue weighted by Crippen LogP contribution is -2.18. The summed E-state index contributed by atoms with van der Waals surface area (Å²) in [5.74, 6) is -0.178. The first kappa shape index (κ1) is 12.4. The van der Waals surface area contributed by atoms with Crippen LogP contribution < -0.4 is 5.43 Å². The van der Waals surface area contributed by atoms with Gasteiger partial charge in [0.2, 0.25) is 0 Å². The van der Waals surface area contributed by atoms with Crippen LogP contribution in [-0.2, 0) is 0 Å². The number of hydrogen-bond donors (Lipinski definition) is 2. The fraction of sp³-hybridized carbons (Fsp3) is 0.286. The van der Waals surface area contributed by atoms with Crippen LogP contribution in [0, 0.1) is 0 Å². The van der Waals surface area contributed by atoms with E-state index in [4.69, 9.17) is 0 Å². The quantitative estimate of drug-likeness (QED) is 0.629. The topological polar surface area (TPSA) is 57.2 Å². The number of fused-ring (bicyclic) bond motifs is 1. The molecule has 1 heterocycles. The molecular formula is C14H17N3O. The fourth-order valence-corrected chi connectivity index (χ4v) is 1.88. The molecule has 2 aromatic rings. The third-order valence-electron chi connectivity index (χ3n) is 2.79. The number of carbonyl (C=O) groups excluding carboxylic acids is 1. The molecule has 0 saturated carbocycles. The first-order valence-corrected chi connectivity index (χ1v) is 6.12. The van der Waals surface area contributed by atoms with E-state index in [1.54, 1.807) is 6.20 Å². The molecule has 4 nitrogen and oxygen atoms in total. The highest BCUT2D eigenvalue weighted by Gasteiger charge is 2.10. The van der Waals surface area contributed by atoms with Crippen LogP contribution in [0.4, 0.5) is 0 Å². The molecule has 1 aromatic heterocycles. The Balaban J connectivity index is 2.17. The van der Waals surface area contributed by atoms with Crippen molar-refractivity contribution in [1.29, 1.82) is 0 Å². The predicted molar refractivity (Wildman–Crippen MR) is 73.8 cm³/mol. The molecule has 4 heteroatoms. The minimum Gasteiger partial charge on any atom is -0.360 e. The second-order valence-electron chi connectivity index (χ2n) is 4.29. The van der Waals surface area contributed by atoms with Crippen molar-refractivity contribution in [3.05, 3.63) is 36.0 Å². The number of para-hydroxylation sites is 1. The Morgan fingerprint density at radius 1 is 1.39 bits per heavy atom. The molecule has 0 aliphatic rings. The third kappa shape index (κ3) is 2.59. The third-order valence-corrected chi connectivity index (χ3v) is 2.79. The molecule has 0 unspecified atom stereocenters. The summed E-state index contributed by atoms with van der Waals surface area (Å²) in [5, 5.41) is 4.99. The van der Waals surface area contributed by atoms with Gasteiger partial charge < -0.3 is 4.98 Å². The molecule has 1 aromatic carbocycles. The second-order valence-corrected chi connectivity index (χ2v) is 4.29. The lowest BCUT2D eigenvalue weighted by molar-refractivity contribution is 0.0956. The van der Waals surface area contributed by atoms with Crippen LogP contribution in [0.15, 0.2) is 35.6 Å². The maximum absolute atomic E-state index is 12.0. The number of hydrogen-bond acceptors (Lipinski definition) is 2. The van der Waals surface area contributed by atoms with Gasteiger partial charge in [0, 0.05) is 22.8 Å². The van der Waals surface area contributed by atoms with E-state index in [0.717, 1.165) is 29.5 Å². The van der Waals surface area contributed by atoms with Crippen LogP contribution in [0.3, 0.4) is 0 Å². The number of benzene rings is 1. The average molecular weight is 243 g/mol. The van der Waals surface area contributed by atoms with Gasteiger partial charge in [-0.2, -0.15) is 5.10 Å². The normalized spacial score (nSPS) is 11.8. The van der Waals surface area contributed by atoms with E-state index in [1.807, 2.05) is 31.2 Å². The highest BCUT2D eigenvalue weighted by Crippen LogP contribution is 2.17. The van der Waals surface area contributed by atoms with Gasteiger partial charge in [0.1, 0.15) is 0 Å². The molecule has 0 radical (unpaired) electrons. The summed E-state index contributed by atoms with van der Waals surface area (Å²) in [6, 6.07) is 7.71. The number of H-pyrrole nitrogens is 1. The van der Waals surface area contributed by atoms with Gasteiger partial charge in [0.05, 0.1) is 5.56 Å². The van der Waals surface area contributed by atoms with Crippen molar-refractivity contribution in [2.24, 2.45) is 5.10 Å². The zero-order valence-electron chi connectivity index (χ0n) is 10.7. The molecule has 18 heavy (non-hydrogen) atoms. The van der Waals surface area contributed by atoms with Gasteiger partial charge in [0.15, 0.2) is 0 Å². The van der Waals surface area contributed by atoms with Gasteiger partial charge >= 0.3 is 0 Å². The van der Waals surface area contributed by atoms with E-state index in [9.17, 15) is 4.79 Å². The van der Waals surface area contributed by atoms with Crippen LogP contribution in [-0.4, -0.2) is 16.6 Å². The smallest absolute Gasteiger partial charge is 0.273 e. The maximum atomic E-state index is 12.0. The SMILES string of the molecule is CCCC(C)=NNC(=O)c1c[nH]c2ccccc12. The number of nitrogens with one attached hydrogen (secondary N) is 2. The van der Waals surface area contributed by atoms with Crippen molar-refractivity contribution in [1.82, 2.24) is 10.4 Å². The van der Waals surface area contributed by atoms with Crippen LogP contribution in [0.5, 0.6) is 0 Å². The Hall–Kier alpha value is -2.10. The predicted octanol–water partition coefficient (Wildman–Crippen LogP) is 3.07. The fourth-order valence-electron chi connectivity index (χ4n) is 1.88. The van der Waals surface area contributed by atoms with Crippen LogP contribution >= 0.6 is 0 Å². The molecule has 0 bridgehead atoms. The van der Waals surface area contributed by atoms with Gasteiger partial charge in [-0.1, -0.05) is 31.5 Å². The molecule has 94 valence electrons. The summed E-state index contributed by atoms with van der Waals surface area (Å²) >= 11 is 0. The zero-order chi connectivity index (χ0) is 13.0. The van der Waals surface area contributed by atoms with Crippen LogP contribution in [0.25, 0.3) is 10.9 Å². The average Bonchev–Trinajstić information content (AvgIpc) is 2.80. The van der Waals surface area contributed by atoms with Gasteiger partial charge in [-0.05, 0) is 19.4 Å². The van der Waals surface area contributed by atoms with E-state index in [2.05, 4.69) is 22.4 Å². The summed E-state index contributed by atoms with van der Waals surface area (Å²) in [6.45, 7) is 4.00. The minimum absolute atomic E-state index is 0.178. The molecule has 0 atom stereocenters. The Morgan fingerprint density at radius 3 is 2.94 bits per heavy atom. The number of rotatable bonds is 4. The number of carbonyl (C=O) groups is 1. The molecule has 1 amide bonds. The molecule has 0 aliphatic carbocycles. The Kier molecular flexibility index (Phi) is 3.77. The number of aromatic nitrogens is 1. The molecule has 0 fully saturated rings. The van der Waals surface area contributed by atoms with Crippen molar-refractivity contribution >= 4 is 22.5 Å². The standard InChI is InChI=1S/C14H17N3O/c1-3-6-10(2)16-17-14(18)12-9-15-13-8-5-4-7-11(12)13/h4-5,7-9,15H,3,6H2,1-2H3,(H,17,18). The first-order chi connectivity index (χ1) is 8.72. The lowest BCUT2D eigenvalue weighted by atomic mass is 10.2. The largest absolute Gasteiger partial charge is 0.360 e. The van der Waals surface area contributed by atoms with E-state index >= 15 is 0 Å². The van der Waals surface area contributed by atoms with Gasteiger partial charge in [-0.25, -0.2) is 5.43 Å². The molecule has 2 rings (SSSR count). The summed E-state index contributed by atoms with van der Waals surface area (Å²) in [4.78, 5) is 15.1. The number of aromatic amines is 1. The molecule has 0 aliphatic heterocycles. The molecule has 2 N–H and O–H groups in total. The summed E-state index contributed by atoms with van der Waals surface area (Å²) < 4.78 is 0. The van der Waals surface area contributed by atoms with E-state index < -0.39 is 0 Å². The van der Waals surface area contributed by atoms with Crippen molar-refractivity contribution in [2.45, 2.75) is 26.7 Å². The number of nitrogens with zero attached hydrogens (tertiary/aromatic N) is 1. The highest BCUT2D eigenvalue weighted by molar-refractivity contribution is 6.06. The maximum Gasteiger partial charge on any atom is 0.273 e. The van der Waals surface area contributed by atoms with E-state index in [1.165, 1.54) is 0 Å². The molecule has 0 spiro atoms. The monoisotopic (exact) mass is 243 g/mol. The zero-order valence-corrected chi connectivity index (χ0v) is 10.7. The minimum atomic E-state index is -0.178. The lowest BCUT2D eigenvalue weighted by Gasteiger charge is -2.00. The van der Waals surface area contributed by atoms with Crippen molar-refractivity contribution in [2.75, 3.05) is 0 Å². The molecular weight excluding hydrogens is 226 g/mol. The van der Waals surface area contributed by atoms with Gasteiger partial charge in [-0.15, -0.1) is 0 Å². The summed E-state index contributed by atoms with van der Waals surface area (Å²) in [7, 11) is 0. The van der Waals surface area contributed by atoms with Crippen LogP contribution in [0.1, 0.15) is 37.0 Å². The summed E-state index contributed by atoms with van der Waals surface area (Å²) in [5.41, 5.74) is 5.11. The Labute approximate surface area is 106 Å². The highest BCUT2D eigenvalue weighted by atomic mass is 16.2. The van der Waals surface area contributed by atoms with Gasteiger partial charge in [0.25, 0.3) is 5.91 Å². The second kappa shape index (κ2) is 5.49. The summed E-state index contributed by atoms with van der Waals surface area (Å²) in [6.07, 6.45) is 3.64. The van der Waals surface area contributed by atoms with E-state index in [0.29, 0.717) is 5.56 Å².